The molecule has 78 valence electrons. The van der Waals surface area contributed by atoms with Crippen LogP contribution in [-0.4, -0.2) is 23.3 Å². The number of hydrogen-bond donors (Lipinski definition) is 1. The van der Waals surface area contributed by atoms with Gasteiger partial charge in [0, 0.05) is 29.9 Å². The van der Waals surface area contributed by atoms with Gasteiger partial charge < -0.3 is 5.32 Å². The summed E-state index contributed by atoms with van der Waals surface area (Å²) in [6.45, 7) is 1.12. The normalized spacial score (nSPS) is 17.7. The van der Waals surface area contributed by atoms with E-state index in [9.17, 15) is 0 Å². The molecule has 14 heavy (non-hydrogen) atoms. The number of aromatic nitrogens is 1. The lowest BCUT2D eigenvalue weighted by molar-refractivity contribution is 0.545. The molecule has 0 amide bonds. The highest BCUT2D eigenvalue weighted by Crippen LogP contribution is 2.20. The average molecular weight is 228 g/mol. The van der Waals surface area contributed by atoms with Crippen LogP contribution < -0.4 is 5.32 Å². The van der Waals surface area contributed by atoms with Crippen molar-refractivity contribution in [2.45, 2.75) is 36.1 Å². The zero-order chi connectivity index (χ0) is 9.64. The smallest absolute Gasteiger partial charge is 0.149 e. The first-order valence-electron chi connectivity index (χ1n) is 5.21. The van der Waals surface area contributed by atoms with Crippen LogP contribution in [0.2, 0.25) is 0 Å². The first-order chi connectivity index (χ1) is 6.95. The number of nitrogens with one attached hydrogen (secondary N) is 1. The maximum Gasteiger partial charge on any atom is 0.149 e. The second-order valence-electron chi connectivity index (χ2n) is 3.58. The Morgan fingerprint density at radius 3 is 3.07 bits per heavy atom. The molecule has 1 aliphatic rings. The lowest BCUT2D eigenvalue weighted by Crippen LogP contribution is -2.27. The molecule has 0 unspecified atom stereocenters. The minimum Gasteiger partial charge on any atom is -0.313 e. The van der Waals surface area contributed by atoms with Crippen LogP contribution in [0.15, 0.2) is 15.9 Å². The SMILES string of the molecule is c1csc(SCCNC2CCCC2)n1. The van der Waals surface area contributed by atoms with Gasteiger partial charge in [-0.05, 0) is 12.8 Å². The molecule has 0 aromatic carbocycles. The zero-order valence-electron chi connectivity index (χ0n) is 8.24. The Labute approximate surface area is 93.5 Å². The van der Waals surface area contributed by atoms with E-state index < -0.39 is 0 Å². The molecule has 0 radical (unpaired) electrons. The Morgan fingerprint density at radius 2 is 2.36 bits per heavy atom. The van der Waals surface area contributed by atoms with Crippen LogP contribution in [0.4, 0.5) is 0 Å². The molecule has 1 aliphatic carbocycles. The van der Waals surface area contributed by atoms with Gasteiger partial charge in [0.2, 0.25) is 0 Å². The van der Waals surface area contributed by atoms with Crippen LogP contribution in [0, 0.1) is 0 Å². The van der Waals surface area contributed by atoms with E-state index in [0.717, 1.165) is 18.3 Å². The fraction of sp³-hybridized carbons (Fsp3) is 0.700. The van der Waals surface area contributed by atoms with Crippen LogP contribution in [0.1, 0.15) is 25.7 Å². The molecular formula is C10H16N2S2. The molecule has 2 rings (SSSR count). The number of rotatable bonds is 5. The Morgan fingerprint density at radius 1 is 1.50 bits per heavy atom. The van der Waals surface area contributed by atoms with E-state index in [1.807, 2.05) is 23.3 Å². The van der Waals surface area contributed by atoms with Crippen LogP contribution in [0.3, 0.4) is 0 Å². The van der Waals surface area contributed by atoms with Gasteiger partial charge in [0.15, 0.2) is 0 Å². The molecule has 2 nitrogen and oxygen atoms in total. The summed E-state index contributed by atoms with van der Waals surface area (Å²) in [7, 11) is 0. The summed E-state index contributed by atoms with van der Waals surface area (Å²) < 4.78 is 1.19. The van der Waals surface area contributed by atoms with Gasteiger partial charge >= 0.3 is 0 Å². The highest BCUT2D eigenvalue weighted by molar-refractivity contribution is 8.01. The topological polar surface area (TPSA) is 24.9 Å². The van der Waals surface area contributed by atoms with E-state index in [1.54, 1.807) is 11.3 Å². The van der Waals surface area contributed by atoms with Gasteiger partial charge in [0.1, 0.15) is 4.34 Å². The first kappa shape index (κ1) is 10.5. The van der Waals surface area contributed by atoms with Crippen molar-refractivity contribution in [1.29, 1.82) is 0 Å². The van der Waals surface area contributed by atoms with Crippen molar-refractivity contribution < 1.29 is 0 Å². The van der Waals surface area contributed by atoms with Gasteiger partial charge in [-0.1, -0.05) is 24.6 Å². The number of thioether (sulfide) groups is 1. The van der Waals surface area contributed by atoms with E-state index in [0.29, 0.717) is 0 Å². The Hall–Kier alpha value is -0.0600. The summed E-state index contributed by atoms with van der Waals surface area (Å²) in [4.78, 5) is 4.24. The largest absolute Gasteiger partial charge is 0.313 e. The second kappa shape index (κ2) is 5.73. The van der Waals surface area contributed by atoms with Crippen molar-refractivity contribution in [3.05, 3.63) is 11.6 Å². The van der Waals surface area contributed by atoms with Crippen molar-refractivity contribution in [3.8, 4) is 0 Å². The molecule has 0 spiro atoms. The average Bonchev–Trinajstić information content (AvgIpc) is 2.86. The van der Waals surface area contributed by atoms with Gasteiger partial charge in [-0.3, -0.25) is 0 Å². The van der Waals surface area contributed by atoms with E-state index >= 15 is 0 Å². The molecule has 1 aromatic heterocycles. The standard InChI is InChI=1S/C10H16N2S2/c1-2-4-9(3-1)11-5-7-13-10-12-6-8-14-10/h6,8-9,11H,1-5,7H2. The van der Waals surface area contributed by atoms with E-state index in [2.05, 4.69) is 10.3 Å². The third kappa shape index (κ3) is 3.26. The molecule has 1 fully saturated rings. The lowest BCUT2D eigenvalue weighted by Gasteiger charge is -2.10. The fourth-order valence-electron chi connectivity index (χ4n) is 1.81. The van der Waals surface area contributed by atoms with Crippen molar-refractivity contribution >= 4 is 23.1 Å². The Kier molecular flexibility index (Phi) is 4.28. The van der Waals surface area contributed by atoms with Crippen molar-refractivity contribution in [2.75, 3.05) is 12.3 Å². The molecule has 1 N–H and O–H groups in total. The maximum absolute atomic E-state index is 4.24. The van der Waals surface area contributed by atoms with Crippen LogP contribution in [0.25, 0.3) is 0 Å². The summed E-state index contributed by atoms with van der Waals surface area (Å²) in [6, 6.07) is 0.798. The summed E-state index contributed by atoms with van der Waals surface area (Å²) in [5, 5.41) is 5.63. The predicted molar refractivity (Wildman–Crippen MR) is 63.1 cm³/mol. The molecule has 4 heteroatoms. The minimum absolute atomic E-state index is 0.798. The zero-order valence-corrected chi connectivity index (χ0v) is 9.87. The third-order valence-electron chi connectivity index (χ3n) is 2.53. The van der Waals surface area contributed by atoms with Gasteiger partial charge in [-0.15, -0.1) is 11.3 Å². The lowest BCUT2D eigenvalue weighted by atomic mass is 10.2. The summed E-state index contributed by atoms with van der Waals surface area (Å²) in [5.74, 6) is 1.14. The van der Waals surface area contributed by atoms with E-state index in [1.165, 1.54) is 30.0 Å². The van der Waals surface area contributed by atoms with E-state index in [-0.39, 0.29) is 0 Å². The van der Waals surface area contributed by atoms with Crippen LogP contribution in [-0.2, 0) is 0 Å². The minimum atomic E-state index is 0.798. The molecule has 0 bridgehead atoms. The Bertz CT molecular complexity index is 243. The maximum atomic E-state index is 4.24. The van der Waals surface area contributed by atoms with Crippen molar-refractivity contribution in [3.63, 3.8) is 0 Å². The molecule has 1 aromatic rings. The summed E-state index contributed by atoms with van der Waals surface area (Å²) in [6.07, 6.45) is 7.45. The second-order valence-corrected chi connectivity index (χ2v) is 5.82. The van der Waals surface area contributed by atoms with Crippen molar-refractivity contribution in [1.82, 2.24) is 10.3 Å². The monoisotopic (exact) mass is 228 g/mol. The third-order valence-corrected chi connectivity index (χ3v) is 4.49. The molecule has 0 saturated heterocycles. The van der Waals surface area contributed by atoms with Crippen LogP contribution >= 0.6 is 23.1 Å². The highest BCUT2D eigenvalue weighted by atomic mass is 32.2. The molecule has 1 saturated carbocycles. The summed E-state index contributed by atoms with van der Waals surface area (Å²) >= 11 is 3.59. The fourth-order valence-corrected chi connectivity index (χ4v) is 3.39. The quantitative estimate of drug-likeness (QED) is 0.619. The van der Waals surface area contributed by atoms with Crippen LogP contribution in [0.5, 0.6) is 0 Å². The predicted octanol–water partition coefficient (Wildman–Crippen LogP) is 2.77. The number of nitrogens with zero attached hydrogens (tertiary/aromatic N) is 1. The van der Waals surface area contributed by atoms with Gasteiger partial charge in [0.05, 0.1) is 0 Å². The molecule has 0 atom stereocenters. The Balaban J connectivity index is 1.55. The highest BCUT2D eigenvalue weighted by Gasteiger charge is 2.13. The van der Waals surface area contributed by atoms with Gasteiger partial charge in [-0.2, -0.15) is 0 Å². The summed E-state index contributed by atoms with van der Waals surface area (Å²) in [5.41, 5.74) is 0. The number of hydrogen-bond acceptors (Lipinski definition) is 4. The van der Waals surface area contributed by atoms with E-state index in [4.69, 9.17) is 0 Å². The van der Waals surface area contributed by atoms with Gasteiger partial charge in [0.25, 0.3) is 0 Å². The molecular weight excluding hydrogens is 212 g/mol. The first-order valence-corrected chi connectivity index (χ1v) is 7.07. The number of thiazole rings is 1. The van der Waals surface area contributed by atoms with Crippen molar-refractivity contribution in [2.24, 2.45) is 0 Å². The van der Waals surface area contributed by atoms with Gasteiger partial charge in [-0.25, -0.2) is 4.98 Å². The molecule has 1 heterocycles. The molecule has 0 aliphatic heterocycles.